The zero-order valence-electron chi connectivity index (χ0n) is 13.9. The minimum absolute atomic E-state index is 0.135. The van der Waals surface area contributed by atoms with Gasteiger partial charge in [-0.15, -0.1) is 0 Å². The molecule has 3 aromatic rings. The van der Waals surface area contributed by atoms with E-state index in [-0.39, 0.29) is 5.82 Å². The highest BCUT2D eigenvalue weighted by molar-refractivity contribution is 5.79. The highest BCUT2D eigenvalue weighted by Crippen LogP contribution is 2.17. The molecule has 0 fully saturated rings. The molecule has 0 saturated carbocycles. The zero-order chi connectivity index (χ0) is 17.6. The predicted molar refractivity (Wildman–Crippen MR) is 95.8 cm³/mol. The van der Waals surface area contributed by atoms with Crippen molar-refractivity contribution in [1.82, 2.24) is 19.7 Å². The van der Waals surface area contributed by atoms with E-state index in [9.17, 15) is 4.39 Å². The Kier molecular flexibility index (Phi) is 4.98. The first kappa shape index (κ1) is 16.6. The van der Waals surface area contributed by atoms with Gasteiger partial charge in [0.15, 0.2) is 11.6 Å². The molecule has 0 bridgehead atoms. The lowest BCUT2D eigenvalue weighted by atomic mass is 10.1. The molecule has 0 aliphatic carbocycles. The summed E-state index contributed by atoms with van der Waals surface area (Å²) in [5.41, 5.74) is 2.72. The van der Waals surface area contributed by atoms with Crippen molar-refractivity contribution >= 4 is 23.7 Å². The molecule has 0 spiro atoms. The number of rotatable bonds is 6. The van der Waals surface area contributed by atoms with Gasteiger partial charge in [-0.25, -0.2) is 9.37 Å². The van der Waals surface area contributed by atoms with Crippen LogP contribution in [0.2, 0.25) is 0 Å². The number of halogens is 1. The van der Waals surface area contributed by atoms with Gasteiger partial charge in [-0.1, -0.05) is 18.2 Å². The third-order valence-corrected chi connectivity index (χ3v) is 3.39. The standard InChI is InChI=1S/C17H18FN7/c1-19-7-12-4-3-5-13(6-12)8-20-16-15(18)10-21-17(24-16)23-14-9-22-25(2)11-14/h3-7,9-11H,8H2,1-2H3,(H2,20,21,23,24)/b19-7-. The van der Waals surface area contributed by atoms with E-state index >= 15 is 0 Å². The second-order valence-corrected chi connectivity index (χ2v) is 5.40. The second kappa shape index (κ2) is 7.52. The van der Waals surface area contributed by atoms with Gasteiger partial charge < -0.3 is 10.6 Å². The number of nitrogens with zero attached hydrogens (tertiary/aromatic N) is 5. The van der Waals surface area contributed by atoms with Gasteiger partial charge in [0.1, 0.15) is 0 Å². The summed E-state index contributed by atoms with van der Waals surface area (Å²) < 4.78 is 15.6. The molecule has 2 N–H and O–H groups in total. The van der Waals surface area contributed by atoms with Crippen LogP contribution in [0, 0.1) is 5.82 Å². The Morgan fingerprint density at radius 3 is 2.96 bits per heavy atom. The predicted octanol–water partition coefficient (Wildman–Crippen LogP) is 2.75. The maximum Gasteiger partial charge on any atom is 0.229 e. The molecule has 0 saturated heterocycles. The molecule has 0 aliphatic rings. The van der Waals surface area contributed by atoms with Crippen LogP contribution in [0.3, 0.4) is 0 Å². The lowest BCUT2D eigenvalue weighted by Crippen LogP contribution is -2.07. The van der Waals surface area contributed by atoms with Crippen molar-refractivity contribution in [3.05, 3.63) is 59.8 Å². The van der Waals surface area contributed by atoms with Crippen LogP contribution < -0.4 is 10.6 Å². The maximum atomic E-state index is 14.0. The minimum Gasteiger partial charge on any atom is -0.363 e. The molecule has 0 unspecified atom stereocenters. The van der Waals surface area contributed by atoms with E-state index < -0.39 is 5.82 Å². The monoisotopic (exact) mass is 339 g/mol. The lowest BCUT2D eigenvalue weighted by Gasteiger charge is -2.09. The van der Waals surface area contributed by atoms with Crippen molar-refractivity contribution in [2.45, 2.75) is 6.54 Å². The van der Waals surface area contributed by atoms with Gasteiger partial charge in [-0.2, -0.15) is 10.1 Å². The Morgan fingerprint density at radius 2 is 2.20 bits per heavy atom. The van der Waals surface area contributed by atoms with Crippen molar-refractivity contribution in [2.24, 2.45) is 12.0 Å². The lowest BCUT2D eigenvalue weighted by molar-refractivity contribution is 0.617. The minimum atomic E-state index is -0.511. The van der Waals surface area contributed by atoms with Crippen molar-refractivity contribution in [3.63, 3.8) is 0 Å². The Morgan fingerprint density at radius 1 is 1.32 bits per heavy atom. The summed E-state index contributed by atoms with van der Waals surface area (Å²) in [5, 5.41) is 10.0. The third-order valence-electron chi connectivity index (χ3n) is 3.39. The van der Waals surface area contributed by atoms with Crippen LogP contribution in [0.5, 0.6) is 0 Å². The fourth-order valence-corrected chi connectivity index (χ4v) is 2.28. The molecule has 2 aromatic heterocycles. The summed E-state index contributed by atoms with van der Waals surface area (Å²) in [6.07, 6.45) is 6.32. The van der Waals surface area contributed by atoms with E-state index in [1.807, 2.05) is 24.3 Å². The van der Waals surface area contributed by atoms with Crippen LogP contribution >= 0.6 is 0 Å². The summed E-state index contributed by atoms with van der Waals surface area (Å²) in [7, 11) is 3.53. The second-order valence-electron chi connectivity index (χ2n) is 5.40. The first-order valence-electron chi connectivity index (χ1n) is 7.67. The van der Waals surface area contributed by atoms with Crippen molar-refractivity contribution in [2.75, 3.05) is 17.7 Å². The molecule has 25 heavy (non-hydrogen) atoms. The van der Waals surface area contributed by atoms with Gasteiger partial charge in [0.2, 0.25) is 5.95 Å². The summed E-state index contributed by atoms with van der Waals surface area (Å²) in [6.45, 7) is 0.436. The van der Waals surface area contributed by atoms with Crippen LogP contribution in [0.25, 0.3) is 0 Å². The molecule has 0 aliphatic heterocycles. The Hall–Kier alpha value is -3.29. The molecule has 1 aromatic carbocycles. The van der Waals surface area contributed by atoms with Gasteiger partial charge in [-0.3, -0.25) is 9.67 Å². The number of benzene rings is 1. The number of anilines is 3. The first-order valence-corrected chi connectivity index (χ1v) is 7.67. The van der Waals surface area contributed by atoms with E-state index in [0.29, 0.717) is 12.5 Å². The Balaban J connectivity index is 1.71. The molecule has 128 valence electrons. The maximum absolute atomic E-state index is 14.0. The number of aromatic nitrogens is 4. The van der Waals surface area contributed by atoms with E-state index in [0.717, 1.165) is 23.0 Å². The average molecular weight is 339 g/mol. The summed E-state index contributed by atoms with van der Waals surface area (Å²) in [5.74, 6) is -0.0808. The van der Waals surface area contributed by atoms with Gasteiger partial charge in [0.25, 0.3) is 0 Å². The first-order chi connectivity index (χ1) is 12.1. The molecule has 2 heterocycles. The molecule has 3 rings (SSSR count). The normalized spacial score (nSPS) is 11.0. The van der Waals surface area contributed by atoms with Gasteiger partial charge >= 0.3 is 0 Å². The van der Waals surface area contributed by atoms with E-state index in [4.69, 9.17) is 0 Å². The number of aliphatic imine (C=N–C) groups is 1. The van der Waals surface area contributed by atoms with Crippen LogP contribution in [0.4, 0.5) is 21.8 Å². The van der Waals surface area contributed by atoms with Gasteiger partial charge in [-0.05, 0) is 17.2 Å². The van der Waals surface area contributed by atoms with E-state index in [2.05, 4.69) is 30.7 Å². The molecule has 8 heteroatoms. The molecular weight excluding hydrogens is 321 g/mol. The van der Waals surface area contributed by atoms with Crippen LogP contribution in [0.1, 0.15) is 11.1 Å². The smallest absolute Gasteiger partial charge is 0.229 e. The number of hydrogen-bond acceptors (Lipinski definition) is 6. The number of hydrogen-bond donors (Lipinski definition) is 2. The van der Waals surface area contributed by atoms with E-state index in [1.165, 1.54) is 0 Å². The Bertz CT molecular complexity index is 888. The quantitative estimate of drug-likeness (QED) is 0.675. The molecule has 0 atom stereocenters. The van der Waals surface area contributed by atoms with Crippen molar-refractivity contribution < 1.29 is 4.39 Å². The van der Waals surface area contributed by atoms with Gasteiger partial charge in [0.05, 0.1) is 18.1 Å². The van der Waals surface area contributed by atoms with Crippen molar-refractivity contribution in [1.29, 1.82) is 0 Å². The summed E-state index contributed by atoms with van der Waals surface area (Å²) in [6, 6.07) is 7.82. The largest absolute Gasteiger partial charge is 0.363 e. The molecule has 0 radical (unpaired) electrons. The zero-order valence-corrected chi connectivity index (χ0v) is 13.9. The summed E-state index contributed by atoms with van der Waals surface area (Å²) >= 11 is 0. The van der Waals surface area contributed by atoms with E-state index in [1.54, 1.807) is 37.4 Å². The van der Waals surface area contributed by atoms with Crippen LogP contribution in [-0.4, -0.2) is 33.0 Å². The highest BCUT2D eigenvalue weighted by atomic mass is 19.1. The fourth-order valence-electron chi connectivity index (χ4n) is 2.28. The van der Waals surface area contributed by atoms with Crippen LogP contribution in [-0.2, 0) is 13.6 Å². The highest BCUT2D eigenvalue weighted by Gasteiger charge is 2.08. The average Bonchev–Trinajstić information content (AvgIpc) is 3.01. The number of aryl methyl sites for hydroxylation is 1. The third kappa shape index (κ3) is 4.37. The molecular formula is C17H18FN7. The molecule has 7 nitrogen and oxygen atoms in total. The molecule has 0 amide bonds. The summed E-state index contributed by atoms with van der Waals surface area (Å²) in [4.78, 5) is 12.1. The fraction of sp³-hybridized carbons (Fsp3) is 0.176. The Labute approximate surface area is 144 Å². The SMILES string of the molecule is C/N=C\c1cccc(CNc2nc(Nc3cnn(C)c3)ncc2F)c1. The topological polar surface area (TPSA) is 80.0 Å². The van der Waals surface area contributed by atoms with Crippen LogP contribution in [0.15, 0.2) is 47.8 Å². The number of nitrogens with one attached hydrogen (secondary N) is 2. The van der Waals surface area contributed by atoms with Gasteiger partial charge in [0, 0.05) is 33.1 Å². The van der Waals surface area contributed by atoms with Crippen molar-refractivity contribution in [3.8, 4) is 0 Å².